The number of aryl methyl sites for hydroxylation is 1. The molecule has 0 aliphatic heterocycles. The molecule has 0 spiro atoms. The van der Waals surface area contributed by atoms with Gasteiger partial charge in [0.25, 0.3) is 0 Å². The molecule has 160 valence electrons. The van der Waals surface area contributed by atoms with E-state index in [1.54, 1.807) is 54.8 Å². The highest BCUT2D eigenvalue weighted by Crippen LogP contribution is 2.32. The number of nitrogens with zero attached hydrogens (tertiary/aromatic N) is 8. The number of aromatic nitrogens is 8. The molecule has 5 aromatic rings. The van der Waals surface area contributed by atoms with Crippen LogP contribution in [-0.2, 0) is 11.8 Å². The molecule has 0 atom stereocenters. The SMILES string of the molecule is CNc1nc(Nc2ccc3nncn3c2)c(C(=O)OC)nc1-c1cncc2c1ncn2C. The molecular formula is C20H18N10O2. The number of rotatable bonds is 5. The van der Waals surface area contributed by atoms with Crippen LogP contribution >= 0.6 is 0 Å². The Morgan fingerprint density at radius 2 is 2.00 bits per heavy atom. The van der Waals surface area contributed by atoms with Gasteiger partial charge in [-0.05, 0) is 12.1 Å². The normalized spacial score (nSPS) is 11.1. The van der Waals surface area contributed by atoms with Gasteiger partial charge >= 0.3 is 5.97 Å². The summed E-state index contributed by atoms with van der Waals surface area (Å²) in [6.07, 6.45) is 8.42. The summed E-state index contributed by atoms with van der Waals surface area (Å²) >= 11 is 0. The van der Waals surface area contributed by atoms with Crippen LogP contribution in [0.4, 0.5) is 17.3 Å². The average Bonchev–Trinajstić information content (AvgIpc) is 3.44. The maximum absolute atomic E-state index is 12.6. The average molecular weight is 430 g/mol. The minimum Gasteiger partial charge on any atom is -0.464 e. The first-order valence-electron chi connectivity index (χ1n) is 9.59. The van der Waals surface area contributed by atoms with E-state index in [1.807, 2.05) is 11.6 Å². The maximum Gasteiger partial charge on any atom is 0.360 e. The van der Waals surface area contributed by atoms with Crippen LogP contribution in [0.25, 0.3) is 27.9 Å². The van der Waals surface area contributed by atoms with E-state index in [0.29, 0.717) is 33.9 Å². The quantitative estimate of drug-likeness (QED) is 0.398. The molecule has 12 nitrogen and oxygen atoms in total. The lowest BCUT2D eigenvalue weighted by molar-refractivity contribution is 0.0595. The first-order chi connectivity index (χ1) is 15.6. The van der Waals surface area contributed by atoms with Gasteiger partial charge in [0.05, 0.1) is 36.4 Å². The monoisotopic (exact) mass is 430 g/mol. The topological polar surface area (TPSA) is 137 Å². The predicted octanol–water partition coefficient (Wildman–Crippen LogP) is 2.04. The van der Waals surface area contributed by atoms with Crippen molar-refractivity contribution in [2.24, 2.45) is 7.05 Å². The van der Waals surface area contributed by atoms with Crippen molar-refractivity contribution in [3.8, 4) is 11.3 Å². The second-order valence-electron chi connectivity index (χ2n) is 6.91. The molecule has 0 bridgehead atoms. The van der Waals surface area contributed by atoms with Crippen molar-refractivity contribution in [2.45, 2.75) is 0 Å². The van der Waals surface area contributed by atoms with Crippen molar-refractivity contribution in [2.75, 3.05) is 24.8 Å². The Bertz CT molecular complexity index is 1470. The van der Waals surface area contributed by atoms with Crippen molar-refractivity contribution in [1.29, 1.82) is 0 Å². The minimum atomic E-state index is -0.629. The number of imidazole rings is 1. The van der Waals surface area contributed by atoms with Crippen molar-refractivity contribution in [1.82, 2.24) is 39.1 Å². The Morgan fingerprint density at radius 1 is 1.12 bits per heavy atom. The number of anilines is 3. The number of esters is 1. The zero-order valence-corrected chi connectivity index (χ0v) is 17.4. The van der Waals surface area contributed by atoms with Gasteiger partial charge in [0, 0.05) is 26.5 Å². The van der Waals surface area contributed by atoms with Gasteiger partial charge in [-0.2, -0.15) is 0 Å². The number of hydrogen-bond acceptors (Lipinski definition) is 10. The molecule has 0 fully saturated rings. The fraction of sp³-hybridized carbons (Fsp3) is 0.150. The Morgan fingerprint density at radius 3 is 2.81 bits per heavy atom. The molecule has 0 aliphatic carbocycles. The summed E-state index contributed by atoms with van der Waals surface area (Å²) in [5, 5.41) is 14.0. The summed E-state index contributed by atoms with van der Waals surface area (Å²) in [6, 6.07) is 3.60. The Labute approximate surface area is 181 Å². The van der Waals surface area contributed by atoms with Gasteiger partial charge in [0.15, 0.2) is 23.0 Å². The van der Waals surface area contributed by atoms with E-state index < -0.39 is 5.97 Å². The third-order valence-corrected chi connectivity index (χ3v) is 4.96. The number of pyridine rings is 2. The number of ether oxygens (including phenoxy) is 1. The predicted molar refractivity (Wildman–Crippen MR) is 117 cm³/mol. The molecule has 5 aromatic heterocycles. The van der Waals surface area contributed by atoms with Crippen LogP contribution < -0.4 is 10.6 Å². The summed E-state index contributed by atoms with van der Waals surface area (Å²) in [6.45, 7) is 0. The van der Waals surface area contributed by atoms with E-state index in [-0.39, 0.29) is 11.5 Å². The van der Waals surface area contributed by atoms with Crippen molar-refractivity contribution in [3.05, 3.63) is 49.1 Å². The van der Waals surface area contributed by atoms with Crippen molar-refractivity contribution < 1.29 is 9.53 Å². The molecule has 0 saturated carbocycles. The first kappa shape index (κ1) is 19.4. The van der Waals surface area contributed by atoms with Gasteiger partial charge in [0.1, 0.15) is 17.5 Å². The molecule has 5 rings (SSSR count). The fourth-order valence-electron chi connectivity index (χ4n) is 3.38. The summed E-state index contributed by atoms with van der Waals surface area (Å²) in [5.41, 5.74) is 3.99. The van der Waals surface area contributed by atoms with Gasteiger partial charge in [-0.25, -0.2) is 19.7 Å². The van der Waals surface area contributed by atoms with E-state index in [4.69, 9.17) is 4.74 Å². The van der Waals surface area contributed by atoms with E-state index >= 15 is 0 Å². The number of nitrogens with one attached hydrogen (secondary N) is 2. The van der Waals surface area contributed by atoms with Crippen LogP contribution in [-0.4, -0.2) is 59.2 Å². The molecule has 0 unspecified atom stereocenters. The summed E-state index contributed by atoms with van der Waals surface area (Å²) in [5.74, 6) is 0.0550. The van der Waals surface area contributed by atoms with Crippen molar-refractivity contribution in [3.63, 3.8) is 0 Å². The number of carbonyl (C=O) groups is 1. The highest BCUT2D eigenvalue weighted by molar-refractivity contribution is 5.98. The number of carbonyl (C=O) groups excluding carboxylic acids is 1. The Hall–Kier alpha value is -4.61. The van der Waals surface area contributed by atoms with Crippen LogP contribution in [0.2, 0.25) is 0 Å². The highest BCUT2D eigenvalue weighted by atomic mass is 16.5. The lowest BCUT2D eigenvalue weighted by atomic mass is 10.1. The molecule has 32 heavy (non-hydrogen) atoms. The Balaban J connectivity index is 1.67. The number of fused-ring (bicyclic) bond motifs is 2. The van der Waals surface area contributed by atoms with Crippen LogP contribution in [0.3, 0.4) is 0 Å². The molecule has 0 radical (unpaired) electrons. The minimum absolute atomic E-state index is 0.0262. The zero-order valence-electron chi connectivity index (χ0n) is 17.4. The Kier molecular flexibility index (Phi) is 4.58. The van der Waals surface area contributed by atoms with Gasteiger partial charge in [-0.15, -0.1) is 10.2 Å². The highest BCUT2D eigenvalue weighted by Gasteiger charge is 2.23. The fourth-order valence-corrected chi connectivity index (χ4v) is 3.38. The summed E-state index contributed by atoms with van der Waals surface area (Å²) in [4.78, 5) is 30.6. The van der Waals surface area contributed by atoms with E-state index in [1.165, 1.54) is 7.11 Å². The van der Waals surface area contributed by atoms with Gasteiger partial charge in [0.2, 0.25) is 0 Å². The third-order valence-electron chi connectivity index (χ3n) is 4.96. The molecule has 5 heterocycles. The molecule has 0 aromatic carbocycles. The molecule has 0 aliphatic rings. The van der Waals surface area contributed by atoms with Gasteiger partial charge in [-0.1, -0.05) is 0 Å². The molecule has 0 amide bonds. The van der Waals surface area contributed by atoms with E-state index in [0.717, 1.165) is 5.52 Å². The molecular weight excluding hydrogens is 412 g/mol. The lowest BCUT2D eigenvalue weighted by Crippen LogP contribution is -2.13. The van der Waals surface area contributed by atoms with Crippen LogP contribution in [0, 0.1) is 0 Å². The van der Waals surface area contributed by atoms with E-state index in [2.05, 4.69) is 40.8 Å². The van der Waals surface area contributed by atoms with E-state index in [9.17, 15) is 4.79 Å². The molecule has 0 saturated heterocycles. The standard InChI is InChI=1S/C20H18N10O2/c1-21-18-16(12-6-22-7-13-15(12)23-9-29(13)2)26-17(20(31)32-3)19(27-18)25-11-4-5-14-28-24-10-30(14)8-11/h4-10H,1-3H3,(H2,21,25,27). The first-order valence-corrected chi connectivity index (χ1v) is 9.59. The number of hydrogen-bond donors (Lipinski definition) is 2. The molecule has 2 N–H and O–H groups in total. The second-order valence-corrected chi connectivity index (χ2v) is 6.91. The van der Waals surface area contributed by atoms with Gasteiger partial charge < -0.3 is 19.9 Å². The number of methoxy groups -OCH3 is 1. The largest absolute Gasteiger partial charge is 0.464 e. The van der Waals surface area contributed by atoms with Crippen molar-refractivity contribution >= 4 is 40.0 Å². The summed E-state index contributed by atoms with van der Waals surface area (Å²) < 4.78 is 8.57. The second kappa shape index (κ2) is 7.58. The maximum atomic E-state index is 12.6. The zero-order chi connectivity index (χ0) is 22.2. The van der Waals surface area contributed by atoms with Crippen LogP contribution in [0.1, 0.15) is 10.5 Å². The van der Waals surface area contributed by atoms with Gasteiger partial charge in [-0.3, -0.25) is 9.38 Å². The lowest BCUT2D eigenvalue weighted by Gasteiger charge is -2.15. The smallest absolute Gasteiger partial charge is 0.360 e. The van der Waals surface area contributed by atoms with Crippen LogP contribution in [0.5, 0.6) is 0 Å². The van der Waals surface area contributed by atoms with Crippen LogP contribution in [0.15, 0.2) is 43.4 Å². The third kappa shape index (κ3) is 3.14. The summed E-state index contributed by atoms with van der Waals surface area (Å²) in [7, 11) is 4.90. The molecule has 12 heteroatoms.